The van der Waals surface area contributed by atoms with Gasteiger partial charge in [0.25, 0.3) is 0 Å². The molecule has 1 aromatic carbocycles. The third-order valence-corrected chi connectivity index (χ3v) is 3.92. The van der Waals surface area contributed by atoms with E-state index in [4.69, 9.17) is 0 Å². The van der Waals surface area contributed by atoms with Gasteiger partial charge in [-0.25, -0.2) is 4.39 Å². The summed E-state index contributed by atoms with van der Waals surface area (Å²) in [7, 11) is 2.01. The third kappa shape index (κ3) is 2.64. The van der Waals surface area contributed by atoms with E-state index in [2.05, 4.69) is 20.9 Å². The highest BCUT2D eigenvalue weighted by molar-refractivity contribution is 5.56. The maximum absolute atomic E-state index is 14.2. The molecule has 1 saturated heterocycles. The number of anilines is 2. The van der Waals surface area contributed by atoms with Crippen molar-refractivity contribution in [3.63, 3.8) is 0 Å². The Morgan fingerprint density at radius 2 is 2.00 bits per heavy atom. The van der Waals surface area contributed by atoms with Gasteiger partial charge in [-0.05, 0) is 43.2 Å². The maximum Gasteiger partial charge on any atom is 0.148 e. The van der Waals surface area contributed by atoms with Gasteiger partial charge in [0.15, 0.2) is 0 Å². The van der Waals surface area contributed by atoms with Gasteiger partial charge in [0.2, 0.25) is 0 Å². The van der Waals surface area contributed by atoms with E-state index in [9.17, 15) is 4.39 Å². The topological polar surface area (TPSA) is 20.2 Å². The van der Waals surface area contributed by atoms with Crippen molar-refractivity contribution >= 4 is 11.4 Å². The van der Waals surface area contributed by atoms with Crippen molar-refractivity contribution in [2.24, 2.45) is 7.05 Å². The van der Waals surface area contributed by atoms with Crippen LogP contribution in [0.25, 0.3) is 0 Å². The lowest BCUT2D eigenvalue weighted by Crippen LogP contribution is -2.19. The minimum atomic E-state index is -0.135. The minimum absolute atomic E-state index is 0.135. The molecule has 1 aliphatic rings. The monoisotopic (exact) mass is 273 g/mol. The van der Waals surface area contributed by atoms with Gasteiger partial charge in [-0.15, -0.1) is 0 Å². The Labute approximate surface area is 119 Å². The lowest BCUT2D eigenvalue weighted by molar-refractivity contribution is 0.623. The number of nitrogens with one attached hydrogen (secondary N) is 1. The van der Waals surface area contributed by atoms with Gasteiger partial charge >= 0.3 is 0 Å². The molecule has 106 valence electrons. The quantitative estimate of drug-likeness (QED) is 0.921. The molecule has 0 amide bonds. The van der Waals surface area contributed by atoms with E-state index in [1.165, 1.54) is 5.69 Å². The molecular formula is C16H20FN3. The first-order valence-corrected chi connectivity index (χ1v) is 7.12. The molecule has 0 spiro atoms. The van der Waals surface area contributed by atoms with Crippen LogP contribution in [0.15, 0.2) is 36.5 Å². The number of benzene rings is 1. The molecule has 4 heteroatoms. The van der Waals surface area contributed by atoms with E-state index in [0.29, 0.717) is 6.54 Å². The number of hydrogen-bond acceptors (Lipinski definition) is 2. The van der Waals surface area contributed by atoms with E-state index >= 15 is 0 Å². The first-order valence-electron chi connectivity index (χ1n) is 7.12. The number of aromatic nitrogens is 1. The standard InChI is InChI=1S/C16H20FN3/c1-19-8-4-5-14(19)12-18-13-6-7-16(15(17)11-13)20-9-2-3-10-20/h4-8,11,18H,2-3,9-10,12H2,1H3. The highest BCUT2D eigenvalue weighted by Crippen LogP contribution is 2.26. The van der Waals surface area contributed by atoms with Crippen molar-refractivity contribution < 1.29 is 4.39 Å². The van der Waals surface area contributed by atoms with Crippen LogP contribution in [0.2, 0.25) is 0 Å². The number of halogens is 1. The van der Waals surface area contributed by atoms with Crippen molar-refractivity contribution in [2.45, 2.75) is 19.4 Å². The van der Waals surface area contributed by atoms with Gasteiger partial charge in [-0.3, -0.25) is 0 Å². The van der Waals surface area contributed by atoms with Crippen LogP contribution in [0.3, 0.4) is 0 Å². The molecule has 0 unspecified atom stereocenters. The number of rotatable bonds is 4. The van der Waals surface area contributed by atoms with Crippen LogP contribution in [0.5, 0.6) is 0 Å². The van der Waals surface area contributed by atoms with Gasteiger partial charge in [0, 0.05) is 37.7 Å². The van der Waals surface area contributed by atoms with Crippen LogP contribution in [-0.2, 0) is 13.6 Å². The molecule has 3 rings (SSSR count). The zero-order valence-corrected chi connectivity index (χ0v) is 11.8. The Hall–Kier alpha value is -1.97. The summed E-state index contributed by atoms with van der Waals surface area (Å²) in [6.45, 7) is 2.63. The summed E-state index contributed by atoms with van der Waals surface area (Å²) in [6.07, 6.45) is 4.33. The van der Waals surface area contributed by atoms with Gasteiger partial charge in [0.1, 0.15) is 5.82 Å². The van der Waals surface area contributed by atoms with Crippen LogP contribution in [0, 0.1) is 5.82 Å². The van der Waals surface area contributed by atoms with E-state index in [0.717, 1.165) is 37.3 Å². The Morgan fingerprint density at radius 3 is 2.65 bits per heavy atom. The van der Waals surface area contributed by atoms with Crippen LogP contribution in [0.1, 0.15) is 18.5 Å². The summed E-state index contributed by atoms with van der Waals surface area (Å²) in [6, 6.07) is 9.50. The third-order valence-electron chi connectivity index (χ3n) is 3.92. The van der Waals surface area contributed by atoms with Crippen LogP contribution >= 0.6 is 0 Å². The van der Waals surface area contributed by atoms with Crippen LogP contribution in [0.4, 0.5) is 15.8 Å². The van der Waals surface area contributed by atoms with Crippen molar-refractivity contribution in [3.05, 3.63) is 48.0 Å². The summed E-state index contributed by atoms with van der Waals surface area (Å²) in [4.78, 5) is 2.12. The molecule has 0 bridgehead atoms. The Balaban J connectivity index is 1.69. The molecule has 1 N–H and O–H groups in total. The van der Waals surface area contributed by atoms with Crippen molar-refractivity contribution in [2.75, 3.05) is 23.3 Å². The van der Waals surface area contributed by atoms with E-state index < -0.39 is 0 Å². The smallest absolute Gasteiger partial charge is 0.148 e. The average molecular weight is 273 g/mol. The zero-order valence-electron chi connectivity index (χ0n) is 11.8. The predicted octanol–water partition coefficient (Wildman–Crippen LogP) is 3.38. The summed E-state index contributed by atoms with van der Waals surface area (Å²) < 4.78 is 16.2. The minimum Gasteiger partial charge on any atom is -0.379 e. The lowest BCUT2D eigenvalue weighted by Gasteiger charge is -2.19. The van der Waals surface area contributed by atoms with E-state index in [-0.39, 0.29) is 5.82 Å². The van der Waals surface area contributed by atoms with Crippen LogP contribution < -0.4 is 10.2 Å². The Kier molecular flexibility index (Phi) is 3.63. The maximum atomic E-state index is 14.2. The second-order valence-electron chi connectivity index (χ2n) is 5.32. The second-order valence-corrected chi connectivity index (χ2v) is 5.32. The molecule has 3 nitrogen and oxygen atoms in total. The second kappa shape index (κ2) is 5.57. The highest BCUT2D eigenvalue weighted by Gasteiger charge is 2.16. The summed E-state index contributed by atoms with van der Waals surface area (Å²) >= 11 is 0. The van der Waals surface area contributed by atoms with Crippen molar-refractivity contribution in [1.29, 1.82) is 0 Å². The molecule has 0 aliphatic carbocycles. The molecular weight excluding hydrogens is 253 g/mol. The average Bonchev–Trinajstić information content (AvgIpc) is 3.08. The fraction of sp³-hybridized carbons (Fsp3) is 0.375. The number of nitrogens with zero attached hydrogens (tertiary/aromatic N) is 2. The normalized spacial score (nSPS) is 14.8. The largest absolute Gasteiger partial charge is 0.379 e. The van der Waals surface area contributed by atoms with Gasteiger partial charge in [0.05, 0.1) is 12.2 Å². The Bertz CT molecular complexity index is 585. The lowest BCUT2D eigenvalue weighted by atomic mass is 10.2. The van der Waals surface area contributed by atoms with E-state index in [1.54, 1.807) is 6.07 Å². The fourth-order valence-electron chi connectivity index (χ4n) is 2.70. The highest BCUT2D eigenvalue weighted by atomic mass is 19.1. The van der Waals surface area contributed by atoms with Crippen LogP contribution in [-0.4, -0.2) is 17.7 Å². The van der Waals surface area contributed by atoms with Crippen molar-refractivity contribution in [1.82, 2.24) is 4.57 Å². The molecule has 1 aliphatic heterocycles. The van der Waals surface area contributed by atoms with Gasteiger partial charge in [-0.2, -0.15) is 0 Å². The Morgan fingerprint density at radius 1 is 1.20 bits per heavy atom. The summed E-state index contributed by atoms with van der Waals surface area (Å²) in [5.74, 6) is -0.135. The van der Waals surface area contributed by atoms with Gasteiger partial charge in [-0.1, -0.05) is 0 Å². The molecule has 20 heavy (non-hydrogen) atoms. The molecule has 0 saturated carbocycles. The summed E-state index contributed by atoms with van der Waals surface area (Å²) in [5, 5.41) is 3.27. The number of hydrogen-bond donors (Lipinski definition) is 1. The first kappa shape index (κ1) is 13.0. The molecule has 1 aromatic heterocycles. The zero-order chi connectivity index (χ0) is 13.9. The number of aryl methyl sites for hydroxylation is 1. The summed E-state index contributed by atoms with van der Waals surface area (Å²) in [5.41, 5.74) is 2.73. The molecule has 0 radical (unpaired) electrons. The molecule has 2 aromatic rings. The van der Waals surface area contributed by atoms with Crippen molar-refractivity contribution in [3.8, 4) is 0 Å². The SMILES string of the molecule is Cn1cccc1CNc1ccc(N2CCCC2)c(F)c1. The molecule has 2 heterocycles. The molecule has 0 atom stereocenters. The van der Waals surface area contributed by atoms with E-state index in [1.807, 2.05) is 31.4 Å². The fourth-order valence-corrected chi connectivity index (χ4v) is 2.70. The van der Waals surface area contributed by atoms with Gasteiger partial charge < -0.3 is 14.8 Å². The first-order chi connectivity index (χ1) is 9.74. The predicted molar refractivity (Wildman–Crippen MR) is 80.6 cm³/mol. The molecule has 1 fully saturated rings.